The molecule has 6 rings (SSSR count). The zero-order valence-corrected chi connectivity index (χ0v) is 15.5. The van der Waals surface area contributed by atoms with Gasteiger partial charge in [0.2, 0.25) is 0 Å². The molecular weight excluding hydrogens is 374 g/mol. The average Bonchev–Trinajstić information content (AvgIpc) is 3.42. The van der Waals surface area contributed by atoms with Crippen LogP contribution in [0.3, 0.4) is 0 Å². The fraction of sp³-hybridized carbons (Fsp3) is 0. The van der Waals surface area contributed by atoms with E-state index in [1.165, 1.54) is 0 Å². The fourth-order valence-electron chi connectivity index (χ4n) is 3.14. The van der Waals surface area contributed by atoms with Crippen molar-refractivity contribution < 1.29 is 0 Å². The number of hydrogen-bond donors (Lipinski definition) is 1. The van der Waals surface area contributed by atoms with E-state index in [2.05, 4.69) is 45.3 Å². The molecule has 0 saturated heterocycles. The SMILES string of the molecule is c1cnc2sc(-c3ccc4nc(-c5ccc6nc[nH]c6c5)sc4c3)nc2c1. The lowest BCUT2D eigenvalue weighted by molar-refractivity contribution is 1.34. The molecule has 0 radical (unpaired) electrons. The lowest BCUT2D eigenvalue weighted by Gasteiger charge is -1.95. The Bertz CT molecular complexity index is 1410. The van der Waals surface area contributed by atoms with Crippen molar-refractivity contribution in [3.63, 3.8) is 0 Å². The Hall–Kier alpha value is -3.16. The van der Waals surface area contributed by atoms with Gasteiger partial charge in [-0.05, 0) is 48.5 Å². The van der Waals surface area contributed by atoms with E-state index in [9.17, 15) is 0 Å². The van der Waals surface area contributed by atoms with Gasteiger partial charge < -0.3 is 4.98 Å². The van der Waals surface area contributed by atoms with Gasteiger partial charge in [0.25, 0.3) is 0 Å². The maximum Gasteiger partial charge on any atom is 0.143 e. The minimum absolute atomic E-state index is 0.940. The van der Waals surface area contributed by atoms with E-state index in [-0.39, 0.29) is 0 Å². The van der Waals surface area contributed by atoms with Crippen LogP contribution in [0, 0.1) is 0 Å². The molecule has 0 aliphatic rings. The third kappa shape index (κ3) is 2.43. The van der Waals surface area contributed by atoms with Crippen LogP contribution in [0.2, 0.25) is 0 Å². The molecule has 2 aromatic carbocycles. The Labute approximate surface area is 161 Å². The summed E-state index contributed by atoms with van der Waals surface area (Å²) >= 11 is 3.31. The number of aromatic amines is 1. The monoisotopic (exact) mass is 385 g/mol. The summed E-state index contributed by atoms with van der Waals surface area (Å²) in [6.45, 7) is 0. The van der Waals surface area contributed by atoms with Gasteiger partial charge in [0, 0.05) is 17.3 Å². The van der Waals surface area contributed by atoms with E-state index in [1.807, 2.05) is 18.2 Å². The predicted molar refractivity (Wildman–Crippen MR) is 111 cm³/mol. The van der Waals surface area contributed by atoms with Crippen molar-refractivity contribution in [1.82, 2.24) is 24.9 Å². The zero-order valence-electron chi connectivity index (χ0n) is 13.9. The number of pyridine rings is 1. The molecule has 0 spiro atoms. The molecule has 0 fully saturated rings. The molecular formula is C20H11N5S2. The number of fused-ring (bicyclic) bond motifs is 3. The lowest BCUT2D eigenvalue weighted by Crippen LogP contribution is -1.77. The standard InChI is InChI=1S/C20H11N5S2/c1-2-15-20(21-7-1)27-19(25-15)12-4-6-14-17(9-12)26-18(24-14)11-3-5-13-16(8-11)23-10-22-13/h1-10H,(H,22,23). The second kappa shape index (κ2) is 5.67. The Morgan fingerprint density at radius 1 is 0.741 bits per heavy atom. The fourth-order valence-corrected chi connectivity index (χ4v) is 5.05. The Morgan fingerprint density at radius 3 is 2.48 bits per heavy atom. The summed E-state index contributed by atoms with van der Waals surface area (Å²) in [7, 11) is 0. The Balaban J connectivity index is 1.46. The van der Waals surface area contributed by atoms with Gasteiger partial charge in [-0.15, -0.1) is 11.3 Å². The minimum atomic E-state index is 0.940. The van der Waals surface area contributed by atoms with Crippen LogP contribution in [0.15, 0.2) is 61.1 Å². The molecule has 0 aliphatic heterocycles. The smallest absolute Gasteiger partial charge is 0.143 e. The predicted octanol–water partition coefficient (Wildman–Crippen LogP) is 5.51. The van der Waals surface area contributed by atoms with Crippen LogP contribution in [0.1, 0.15) is 0 Å². The number of nitrogens with zero attached hydrogens (tertiary/aromatic N) is 4. The number of imidazole rings is 1. The number of benzene rings is 2. The number of thiazole rings is 2. The third-order valence-electron chi connectivity index (χ3n) is 4.47. The normalized spacial score (nSPS) is 11.7. The molecule has 6 aromatic rings. The van der Waals surface area contributed by atoms with E-state index in [0.717, 1.165) is 52.7 Å². The van der Waals surface area contributed by atoms with E-state index in [4.69, 9.17) is 9.97 Å². The van der Waals surface area contributed by atoms with Crippen molar-refractivity contribution >= 4 is 54.3 Å². The second-order valence-corrected chi connectivity index (χ2v) is 8.19. The highest BCUT2D eigenvalue weighted by Crippen LogP contribution is 2.35. The summed E-state index contributed by atoms with van der Waals surface area (Å²) < 4.78 is 1.15. The maximum absolute atomic E-state index is 4.81. The molecule has 27 heavy (non-hydrogen) atoms. The first-order valence-electron chi connectivity index (χ1n) is 8.39. The molecule has 4 aromatic heterocycles. The lowest BCUT2D eigenvalue weighted by atomic mass is 10.2. The van der Waals surface area contributed by atoms with E-state index in [1.54, 1.807) is 35.2 Å². The molecule has 1 N–H and O–H groups in total. The van der Waals surface area contributed by atoms with Gasteiger partial charge in [-0.1, -0.05) is 11.3 Å². The van der Waals surface area contributed by atoms with Crippen LogP contribution in [0.25, 0.3) is 52.7 Å². The minimum Gasteiger partial charge on any atom is -0.345 e. The van der Waals surface area contributed by atoms with Gasteiger partial charge in [-0.25, -0.2) is 19.9 Å². The van der Waals surface area contributed by atoms with Crippen molar-refractivity contribution in [3.8, 4) is 21.1 Å². The van der Waals surface area contributed by atoms with Crippen LogP contribution in [-0.4, -0.2) is 24.9 Å². The van der Waals surface area contributed by atoms with Crippen LogP contribution in [0.4, 0.5) is 0 Å². The van der Waals surface area contributed by atoms with Gasteiger partial charge >= 0.3 is 0 Å². The van der Waals surface area contributed by atoms with Crippen molar-refractivity contribution in [1.29, 1.82) is 0 Å². The molecule has 0 amide bonds. The first kappa shape index (κ1) is 15.0. The van der Waals surface area contributed by atoms with Crippen molar-refractivity contribution in [2.24, 2.45) is 0 Å². The first-order chi connectivity index (χ1) is 13.3. The Kier molecular flexibility index (Phi) is 3.14. The molecule has 7 heteroatoms. The van der Waals surface area contributed by atoms with Gasteiger partial charge in [-0.2, -0.15) is 0 Å². The number of nitrogens with one attached hydrogen (secondary N) is 1. The van der Waals surface area contributed by atoms with Gasteiger partial charge in [0.05, 0.1) is 27.6 Å². The molecule has 5 nitrogen and oxygen atoms in total. The summed E-state index contributed by atoms with van der Waals surface area (Å²) in [5, 5.41) is 1.99. The van der Waals surface area contributed by atoms with Crippen molar-refractivity contribution in [2.75, 3.05) is 0 Å². The quantitative estimate of drug-likeness (QED) is 0.427. The van der Waals surface area contributed by atoms with Crippen molar-refractivity contribution in [3.05, 3.63) is 61.1 Å². The van der Waals surface area contributed by atoms with Crippen LogP contribution >= 0.6 is 22.7 Å². The highest BCUT2D eigenvalue weighted by molar-refractivity contribution is 7.22. The number of hydrogen-bond acceptors (Lipinski definition) is 6. The summed E-state index contributed by atoms with van der Waals surface area (Å²) in [5.74, 6) is 0. The first-order valence-corrected chi connectivity index (χ1v) is 10.0. The molecule has 0 bridgehead atoms. The molecule has 0 atom stereocenters. The second-order valence-electron chi connectivity index (χ2n) is 6.18. The summed E-state index contributed by atoms with van der Waals surface area (Å²) in [6.07, 6.45) is 3.52. The molecule has 0 saturated carbocycles. The molecule has 0 aliphatic carbocycles. The number of rotatable bonds is 2. The average molecular weight is 385 g/mol. The number of aromatic nitrogens is 5. The van der Waals surface area contributed by atoms with Gasteiger partial charge in [0.15, 0.2) is 0 Å². The van der Waals surface area contributed by atoms with E-state index >= 15 is 0 Å². The zero-order chi connectivity index (χ0) is 17.8. The van der Waals surface area contributed by atoms with E-state index < -0.39 is 0 Å². The summed E-state index contributed by atoms with van der Waals surface area (Å²) in [4.78, 5) is 22.3. The van der Waals surface area contributed by atoms with Gasteiger partial charge in [-0.3, -0.25) is 0 Å². The number of H-pyrrole nitrogens is 1. The van der Waals surface area contributed by atoms with Crippen molar-refractivity contribution in [2.45, 2.75) is 0 Å². The van der Waals surface area contributed by atoms with Crippen LogP contribution in [0.5, 0.6) is 0 Å². The van der Waals surface area contributed by atoms with Crippen LogP contribution in [-0.2, 0) is 0 Å². The molecule has 0 unspecified atom stereocenters. The van der Waals surface area contributed by atoms with Gasteiger partial charge in [0.1, 0.15) is 20.4 Å². The third-order valence-corrected chi connectivity index (χ3v) is 6.56. The van der Waals surface area contributed by atoms with Crippen LogP contribution < -0.4 is 0 Å². The largest absolute Gasteiger partial charge is 0.345 e. The summed E-state index contributed by atoms with van der Waals surface area (Å²) in [5.41, 5.74) is 6.13. The molecule has 4 heterocycles. The molecule has 128 valence electrons. The highest BCUT2D eigenvalue weighted by Gasteiger charge is 2.11. The summed E-state index contributed by atoms with van der Waals surface area (Å²) in [6, 6.07) is 16.4. The highest BCUT2D eigenvalue weighted by atomic mass is 32.1. The van der Waals surface area contributed by atoms with E-state index in [0.29, 0.717) is 0 Å². The maximum atomic E-state index is 4.81. The Morgan fingerprint density at radius 2 is 1.56 bits per heavy atom. The topological polar surface area (TPSA) is 67.3 Å².